The van der Waals surface area contributed by atoms with Crippen LogP contribution in [0.5, 0.6) is 0 Å². The molecule has 2 N–H and O–H groups in total. The summed E-state index contributed by atoms with van der Waals surface area (Å²) in [7, 11) is 0. The van der Waals surface area contributed by atoms with Gasteiger partial charge in [-0.1, -0.05) is 6.07 Å². The molecule has 0 atom stereocenters. The van der Waals surface area contributed by atoms with E-state index >= 15 is 0 Å². The number of hydrogen-bond donors (Lipinski definition) is 2. The molecule has 12 heteroatoms. The maximum absolute atomic E-state index is 6.46. The molecule has 0 amide bonds. The van der Waals surface area contributed by atoms with Gasteiger partial charge >= 0.3 is 289 Å². The summed E-state index contributed by atoms with van der Waals surface area (Å²) in [6, 6.07) is 30.7. The van der Waals surface area contributed by atoms with E-state index in [1.807, 2.05) is 72.8 Å². The number of ether oxygens (including phenoxy) is 1. The Kier molecular flexibility index (Phi) is 7.27. The van der Waals surface area contributed by atoms with Crippen molar-refractivity contribution in [2.45, 2.75) is 0 Å². The first kappa shape index (κ1) is 29.6. The van der Waals surface area contributed by atoms with E-state index in [1.165, 1.54) is 4.16 Å². The van der Waals surface area contributed by atoms with Crippen LogP contribution in [0.2, 0.25) is 0 Å². The third-order valence-electron chi connectivity index (χ3n) is 9.58. The van der Waals surface area contributed by atoms with Crippen LogP contribution in [0.3, 0.4) is 0 Å². The predicted octanol–water partition coefficient (Wildman–Crippen LogP) is 5.84. The molecular formula is C38H29N9O2Zn. The number of H-pyrrole nitrogens is 2. The van der Waals surface area contributed by atoms with Crippen molar-refractivity contribution < 1.29 is 25.8 Å². The molecule has 1 saturated heterocycles. The number of hydrogen-bond acceptors (Lipinski definition) is 9. The molecule has 4 aromatic carbocycles. The quantitative estimate of drug-likeness (QED) is 0.167. The van der Waals surface area contributed by atoms with E-state index in [0.717, 1.165) is 76.6 Å². The van der Waals surface area contributed by atoms with Crippen molar-refractivity contribution in [3.63, 3.8) is 0 Å². The van der Waals surface area contributed by atoms with Crippen LogP contribution in [0, 0.1) is 0 Å². The Morgan fingerprint density at radius 2 is 1.04 bits per heavy atom. The van der Waals surface area contributed by atoms with Gasteiger partial charge in [0.15, 0.2) is 0 Å². The molecule has 3 aliphatic rings. The van der Waals surface area contributed by atoms with Gasteiger partial charge in [0, 0.05) is 0 Å². The second-order valence-corrected chi connectivity index (χ2v) is 15.7. The molecule has 10 rings (SSSR count). The molecule has 0 aliphatic carbocycles. The first-order valence-electron chi connectivity index (χ1n) is 16.9. The number of aromatic nitrogens is 8. The van der Waals surface area contributed by atoms with Gasteiger partial charge in [-0.15, -0.1) is 0 Å². The fourth-order valence-electron chi connectivity index (χ4n) is 7.08. The molecule has 0 unspecified atom stereocenters. The number of nitrogens with one attached hydrogen (secondary N) is 2. The summed E-state index contributed by atoms with van der Waals surface area (Å²) in [6.07, 6.45) is 0. The monoisotopic (exact) mass is 707 g/mol. The molecule has 1 fully saturated rings. The zero-order valence-corrected chi connectivity index (χ0v) is 30.0. The predicted molar refractivity (Wildman–Crippen MR) is 189 cm³/mol. The maximum atomic E-state index is 6.46. The third-order valence-corrected chi connectivity index (χ3v) is 12.5. The Morgan fingerprint density at radius 3 is 1.62 bits per heavy atom. The van der Waals surface area contributed by atoms with Crippen LogP contribution in [0.4, 0.5) is 0 Å². The SMILES string of the molecule is c1ccc2c(c1)-c1nc-2nc2[nH]c(nc3nc(nc4[nH]c(n1)c1ccccc41)-c1ccccc1-3)c1[c]([Zn][O]CCN3CCOCC3)cccc21. The number of aromatic amines is 2. The van der Waals surface area contributed by atoms with Crippen molar-refractivity contribution in [1.29, 1.82) is 0 Å². The van der Waals surface area contributed by atoms with E-state index in [9.17, 15) is 0 Å². The van der Waals surface area contributed by atoms with Crippen LogP contribution in [-0.4, -0.2) is 84.2 Å². The van der Waals surface area contributed by atoms with Crippen LogP contribution in [-0.2, 0) is 25.8 Å². The fourth-order valence-corrected chi connectivity index (χ4v) is 9.66. The first-order valence-corrected chi connectivity index (χ1v) is 19.6. The van der Waals surface area contributed by atoms with Gasteiger partial charge in [0.05, 0.1) is 0 Å². The van der Waals surface area contributed by atoms with Crippen molar-refractivity contribution in [2.24, 2.45) is 0 Å². The molecule has 6 heterocycles. The Bertz CT molecular complexity index is 2620. The summed E-state index contributed by atoms with van der Waals surface area (Å²) < 4.78 is 13.2. The molecular weight excluding hydrogens is 680 g/mol. The average molecular weight is 709 g/mol. The molecule has 3 aliphatic heterocycles. The fraction of sp³-hybridized carbons (Fsp3) is 0.158. The normalized spacial score (nSPS) is 14.1. The van der Waals surface area contributed by atoms with Gasteiger partial charge in [0.25, 0.3) is 0 Å². The van der Waals surface area contributed by atoms with Crippen molar-refractivity contribution in [2.75, 3.05) is 39.5 Å². The van der Waals surface area contributed by atoms with Gasteiger partial charge in [-0.25, -0.2) is 0 Å². The van der Waals surface area contributed by atoms with Gasteiger partial charge in [-0.2, -0.15) is 0 Å². The van der Waals surface area contributed by atoms with Gasteiger partial charge in [0.2, 0.25) is 0 Å². The van der Waals surface area contributed by atoms with Crippen molar-refractivity contribution in [1.82, 2.24) is 44.8 Å². The number of morpholine rings is 1. The van der Waals surface area contributed by atoms with E-state index in [2.05, 4.69) is 33.1 Å². The van der Waals surface area contributed by atoms with Crippen molar-refractivity contribution in [3.05, 3.63) is 91.0 Å². The molecule has 7 aromatic rings. The number of benzene rings is 4. The second-order valence-electron chi connectivity index (χ2n) is 12.6. The Hall–Kier alpha value is -5.26. The number of fused-ring (bicyclic) bond motifs is 20. The van der Waals surface area contributed by atoms with Crippen LogP contribution >= 0.6 is 0 Å². The summed E-state index contributed by atoms with van der Waals surface area (Å²) in [5.41, 5.74) is 6.44. The molecule has 8 bridgehead atoms. The van der Waals surface area contributed by atoms with Crippen LogP contribution in [0.25, 0.3) is 89.7 Å². The molecule has 3 aromatic heterocycles. The first-order chi connectivity index (χ1) is 24.8. The van der Waals surface area contributed by atoms with E-state index in [-0.39, 0.29) is 0 Å². The summed E-state index contributed by atoms with van der Waals surface area (Å²) in [6.45, 7) is 5.08. The average Bonchev–Trinajstić information content (AvgIpc) is 3.90. The van der Waals surface area contributed by atoms with E-state index in [0.29, 0.717) is 52.5 Å². The summed E-state index contributed by atoms with van der Waals surface area (Å²) in [5, 5.41) is 3.89. The summed E-state index contributed by atoms with van der Waals surface area (Å²) in [5.74, 6) is 2.37. The number of rotatable bonds is 5. The summed E-state index contributed by atoms with van der Waals surface area (Å²) in [4.78, 5) is 40.1. The zero-order valence-electron chi connectivity index (χ0n) is 27.1. The standard InChI is InChI=1S/C32H17N8.C6H12NO2.Zn/c1-2-10-18-17(9-1)25-33-26(18)38-28-21-13-5-6-14-22(21)30(35-28)40-32-24-16-8-7-15-23(24)31(36-32)39-29-20-12-4-3-11-19(20)27(34-29)37-25;8-4-1-7-2-5-9-6-3-7;/h1-15H,(H2,33,34,35,36,37,38,39,40);1-6H2;/q;-1;+1. The van der Waals surface area contributed by atoms with Crippen molar-refractivity contribution >= 4 is 48.3 Å². The van der Waals surface area contributed by atoms with E-state index in [4.69, 9.17) is 38.2 Å². The van der Waals surface area contributed by atoms with Gasteiger partial charge in [-0.3, -0.25) is 0 Å². The van der Waals surface area contributed by atoms with Gasteiger partial charge < -0.3 is 0 Å². The Morgan fingerprint density at radius 1 is 0.560 bits per heavy atom. The summed E-state index contributed by atoms with van der Waals surface area (Å²) >= 11 is -1.65. The third kappa shape index (κ3) is 5.11. The van der Waals surface area contributed by atoms with Crippen LogP contribution < -0.4 is 4.16 Å². The van der Waals surface area contributed by atoms with Crippen LogP contribution in [0.15, 0.2) is 91.0 Å². The second kappa shape index (κ2) is 12.3. The zero-order chi connectivity index (χ0) is 33.0. The van der Waals surface area contributed by atoms with E-state index < -0.39 is 17.5 Å². The van der Waals surface area contributed by atoms with Gasteiger partial charge in [-0.05, 0) is 0 Å². The molecule has 240 valence electrons. The Labute approximate surface area is 293 Å². The molecule has 0 saturated carbocycles. The Balaban J connectivity index is 1.23. The molecule has 11 nitrogen and oxygen atoms in total. The molecule has 50 heavy (non-hydrogen) atoms. The molecule has 0 radical (unpaired) electrons. The molecule has 0 spiro atoms. The van der Waals surface area contributed by atoms with Crippen molar-refractivity contribution in [3.8, 4) is 45.6 Å². The van der Waals surface area contributed by atoms with Gasteiger partial charge in [0.1, 0.15) is 0 Å². The van der Waals surface area contributed by atoms with Crippen LogP contribution in [0.1, 0.15) is 0 Å². The minimum atomic E-state index is -1.65. The minimum absolute atomic E-state index is 0.592. The topological polar surface area (TPSA) is 131 Å². The number of nitrogens with zero attached hydrogens (tertiary/aromatic N) is 7. The van der Waals surface area contributed by atoms with E-state index in [1.54, 1.807) is 0 Å².